The molecule has 2 fully saturated rings. The van der Waals surface area contributed by atoms with Gasteiger partial charge >= 0.3 is 0 Å². The molecule has 2 aromatic heterocycles. The number of nitrogens with zero attached hydrogens (tertiary/aromatic N) is 5. The van der Waals surface area contributed by atoms with Crippen LogP contribution in [0.1, 0.15) is 11.4 Å². The average molecular weight is 331 g/mol. The lowest BCUT2D eigenvalue weighted by Crippen LogP contribution is -2.41. The minimum absolute atomic E-state index is 0.174. The van der Waals surface area contributed by atoms with Crippen molar-refractivity contribution in [2.45, 2.75) is 13.0 Å². The third kappa shape index (κ3) is 3.36. The first kappa shape index (κ1) is 15.0. The predicted octanol–water partition coefficient (Wildman–Crippen LogP) is 1.66. The van der Waals surface area contributed by atoms with Crippen molar-refractivity contribution in [3.05, 3.63) is 35.0 Å². The van der Waals surface area contributed by atoms with Gasteiger partial charge in [-0.3, -0.25) is 4.90 Å². The van der Waals surface area contributed by atoms with Crippen LogP contribution < -0.4 is 4.90 Å². The van der Waals surface area contributed by atoms with E-state index >= 15 is 0 Å². The average Bonchev–Trinajstić information content (AvgIpc) is 3.17. The van der Waals surface area contributed by atoms with E-state index in [1.165, 1.54) is 5.01 Å². The second-order valence-electron chi connectivity index (χ2n) is 6.41. The first-order chi connectivity index (χ1) is 11.3. The SMILES string of the molecule is c1cnc(N2CCOC[C@@]3(CCN(Cc4nccs4)C3)C2)nc1. The van der Waals surface area contributed by atoms with Gasteiger partial charge in [-0.15, -0.1) is 11.3 Å². The van der Waals surface area contributed by atoms with Gasteiger partial charge in [0.1, 0.15) is 5.01 Å². The number of anilines is 1. The van der Waals surface area contributed by atoms with Gasteiger partial charge in [0.15, 0.2) is 0 Å². The zero-order chi connectivity index (χ0) is 15.5. The Balaban J connectivity index is 1.47. The molecular formula is C16H21N5OS. The van der Waals surface area contributed by atoms with Crippen molar-refractivity contribution in [2.75, 3.05) is 44.3 Å². The highest BCUT2D eigenvalue weighted by molar-refractivity contribution is 7.09. The number of hydrogen-bond acceptors (Lipinski definition) is 7. The second-order valence-corrected chi connectivity index (χ2v) is 7.39. The lowest BCUT2D eigenvalue weighted by Gasteiger charge is -2.31. The monoisotopic (exact) mass is 331 g/mol. The van der Waals surface area contributed by atoms with Gasteiger partial charge in [0.25, 0.3) is 0 Å². The molecule has 0 N–H and O–H groups in total. The van der Waals surface area contributed by atoms with Crippen LogP contribution >= 0.6 is 11.3 Å². The Labute approximate surface area is 140 Å². The summed E-state index contributed by atoms with van der Waals surface area (Å²) in [5, 5.41) is 3.24. The molecule has 122 valence electrons. The summed E-state index contributed by atoms with van der Waals surface area (Å²) in [5.41, 5.74) is 0.174. The van der Waals surface area contributed by atoms with Gasteiger partial charge in [-0.05, 0) is 19.0 Å². The van der Waals surface area contributed by atoms with Crippen LogP contribution in [0, 0.1) is 5.41 Å². The summed E-state index contributed by atoms with van der Waals surface area (Å²) in [5.74, 6) is 0.816. The van der Waals surface area contributed by atoms with Crippen molar-refractivity contribution < 1.29 is 4.74 Å². The Kier molecular flexibility index (Phi) is 4.24. The maximum atomic E-state index is 5.93. The van der Waals surface area contributed by atoms with E-state index in [2.05, 4.69) is 24.8 Å². The van der Waals surface area contributed by atoms with Gasteiger partial charge in [0, 0.05) is 49.0 Å². The molecule has 4 heterocycles. The van der Waals surface area contributed by atoms with Crippen molar-refractivity contribution in [1.29, 1.82) is 0 Å². The van der Waals surface area contributed by atoms with Crippen LogP contribution in [-0.4, -0.2) is 59.2 Å². The fourth-order valence-electron chi connectivity index (χ4n) is 3.55. The molecular weight excluding hydrogens is 310 g/mol. The predicted molar refractivity (Wildman–Crippen MR) is 89.5 cm³/mol. The first-order valence-electron chi connectivity index (χ1n) is 8.04. The van der Waals surface area contributed by atoms with E-state index in [4.69, 9.17) is 4.74 Å². The molecule has 0 aliphatic carbocycles. The third-order valence-corrected chi connectivity index (χ3v) is 5.40. The zero-order valence-electron chi connectivity index (χ0n) is 13.1. The normalized spacial score (nSPS) is 25.8. The Morgan fingerprint density at radius 3 is 2.87 bits per heavy atom. The summed E-state index contributed by atoms with van der Waals surface area (Å²) in [4.78, 5) is 18.0. The van der Waals surface area contributed by atoms with E-state index in [0.717, 1.165) is 58.3 Å². The molecule has 0 saturated carbocycles. The standard InChI is InChI=1S/C16H21N5OS/c1-3-18-15(19-4-1)21-7-8-22-13-16(12-21)2-6-20(11-16)10-14-17-5-9-23-14/h1,3-5,9H,2,6-8,10-13H2/t16-/m1/s1. The molecule has 23 heavy (non-hydrogen) atoms. The van der Waals surface area contributed by atoms with Crippen LogP contribution in [0.3, 0.4) is 0 Å². The molecule has 0 unspecified atom stereocenters. The molecule has 7 heteroatoms. The number of thiazole rings is 1. The summed E-state index contributed by atoms with van der Waals surface area (Å²) in [7, 11) is 0. The van der Waals surface area contributed by atoms with E-state index in [1.54, 1.807) is 11.3 Å². The molecule has 2 aromatic rings. The molecule has 4 rings (SSSR count). The van der Waals surface area contributed by atoms with Crippen molar-refractivity contribution in [3.63, 3.8) is 0 Å². The third-order valence-electron chi connectivity index (χ3n) is 4.63. The van der Waals surface area contributed by atoms with E-state index in [0.29, 0.717) is 0 Å². The second kappa shape index (κ2) is 6.51. The van der Waals surface area contributed by atoms with Crippen LogP contribution in [0.25, 0.3) is 0 Å². The van der Waals surface area contributed by atoms with Crippen molar-refractivity contribution >= 4 is 17.3 Å². The number of hydrogen-bond donors (Lipinski definition) is 0. The first-order valence-corrected chi connectivity index (χ1v) is 8.91. The van der Waals surface area contributed by atoms with E-state index < -0.39 is 0 Å². The van der Waals surface area contributed by atoms with E-state index in [-0.39, 0.29) is 5.41 Å². The van der Waals surface area contributed by atoms with Gasteiger partial charge < -0.3 is 9.64 Å². The van der Waals surface area contributed by atoms with Crippen molar-refractivity contribution in [3.8, 4) is 0 Å². The topological polar surface area (TPSA) is 54.4 Å². The van der Waals surface area contributed by atoms with Crippen LogP contribution in [0.4, 0.5) is 5.95 Å². The highest BCUT2D eigenvalue weighted by atomic mass is 32.1. The fraction of sp³-hybridized carbons (Fsp3) is 0.562. The van der Waals surface area contributed by atoms with Crippen LogP contribution in [-0.2, 0) is 11.3 Å². The quantitative estimate of drug-likeness (QED) is 0.853. The molecule has 0 bridgehead atoms. The molecule has 0 amide bonds. The van der Waals surface area contributed by atoms with Crippen LogP contribution in [0.2, 0.25) is 0 Å². The fourth-order valence-corrected chi connectivity index (χ4v) is 4.21. The summed E-state index contributed by atoms with van der Waals surface area (Å²) in [6.45, 7) is 6.49. The van der Waals surface area contributed by atoms with Crippen LogP contribution in [0.15, 0.2) is 30.0 Å². The van der Waals surface area contributed by atoms with E-state index in [9.17, 15) is 0 Å². The molecule has 0 radical (unpaired) electrons. The minimum atomic E-state index is 0.174. The highest BCUT2D eigenvalue weighted by Gasteiger charge is 2.41. The van der Waals surface area contributed by atoms with Crippen LogP contribution in [0.5, 0.6) is 0 Å². The van der Waals surface area contributed by atoms with Gasteiger partial charge in [-0.1, -0.05) is 0 Å². The Morgan fingerprint density at radius 1 is 1.13 bits per heavy atom. The lowest BCUT2D eigenvalue weighted by molar-refractivity contribution is 0.0730. The maximum absolute atomic E-state index is 5.93. The summed E-state index contributed by atoms with van der Waals surface area (Å²) >= 11 is 1.73. The van der Waals surface area contributed by atoms with Crippen molar-refractivity contribution in [1.82, 2.24) is 19.9 Å². The molecule has 6 nitrogen and oxygen atoms in total. The Morgan fingerprint density at radius 2 is 2.04 bits per heavy atom. The largest absolute Gasteiger partial charge is 0.379 e. The lowest BCUT2D eigenvalue weighted by atomic mass is 9.87. The number of ether oxygens (including phenoxy) is 1. The molecule has 2 aliphatic heterocycles. The Bertz CT molecular complexity index is 623. The van der Waals surface area contributed by atoms with Crippen molar-refractivity contribution in [2.24, 2.45) is 5.41 Å². The van der Waals surface area contributed by atoms with Gasteiger partial charge in [0.2, 0.25) is 5.95 Å². The number of rotatable bonds is 3. The van der Waals surface area contributed by atoms with Gasteiger partial charge in [-0.25, -0.2) is 15.0 Å². The maximum Gasteiger partial charge on any atom is 0.225 e. The molecule has 1 atom stereocenters. The number of likely N-dealkylation sites (tertiary alicyclic amines) is 1. The van der Waals surface area contributed by atoms with Gasteiger partial charge in [-0.2, -0.15) is 0 Å². The van der Waals surface area contributed by atoms with Gasteiger partial charge in [0.05, 0.1) is 19.8 Å². The molecule has 0 aromatic carbocycles. The summed E-state index contributed by atoms with van der Waals surface area (Å²) in [6, 6.07) is 1.86. The number of aromatic nitrogens is 3. The van der Waals surface area contributed by atoms with E-state index in [1.807, 2.05) is 30.0 Å². The molecule has 1 spiro atoms. The zero-order valence-corrected chi connectivity index (χ0v) is 13.9. The smallest absolute Gasteiger partial charge is 0.225 e. The summed E-state index contributed by atoms with van der Waals surface area (Å²) in [6.07, 6.45) is 6.66. The molecule has 2 aliphatic rings. The minimum Gasteiger partial charge on any atom is -0.379 e. The Hall–Kier alpha value is -1.57. The molecule has 2 saturated heterocycles. The summed E-state index contributed by atoms with van der Waals surface area (Å²) < 4.78 is 5.93. The highest BCUT2D eigenvalue weighted by Crippen LogP contribution is 2.35.